The van der Waals surface area contributed by atoms with Gasteiger partial charge in [0, 0.05) is 24.3 Å². The zero-order valence-electron chi connectivity index (χ0n) is 37.5. The molecular weight excluding hydrogens is 1010 g/mol. The van der Waals surface area contributed by atoms with Gasteiger partial charge in [0.2, 0.25) is 13.1 Å². The molecule has 28 heteroatoms. The topological polar surface area (TPSA) is 141 Å². The van der Waals surface area contributed by atoms with E-state index in [2.05, 4.69) is 57.9 Å². The first-order valence-corrected chi connectivity index (χ1v) is 25.3. The molecule has 0 bridgehead atoms. The predicted molar refractivity (Wildman–Crippen MR) is 231 cm³/mol. The van der Waals surface area contributed by atoms with Crippen LogP contribution >= 0.6 is 15.6 Å². The van der Waals surface area contributed by atoms with Crippen LogP contribution in [0.4, 0.5) is 50.4 Å². The van der Waals surface area contributed by atoms with Gasteiger partial charge in [-0.15, -0.1) is 0 Å². The van der Waals surface area contributed by atoms with Crippen molar-refractivity contribution in [2.75, 3.05) is 106 Å². The maximum absolute atomic E-state index is 10.7. The maximum atomic E-state index is 9.87. The Morgan fingerprint density at radius 3 is 0.886 bits per heavy atom. The molecule has 2 aliphatic heterocycles. The van der Waals surface area contributed by atoms with Gasteiger partial charge in [-0.1, -0.05) is 12.1 Å². The average Bonchev–Trinajstić information content (AvgIpc) is 3.27. The third-order valence-electron chi connectivity index (χ3n) is 8.54. The predicted octanol–water partition coefficient (Wildman–Crippen LogP) is 9.71. The molecule has 4 heterocycles. The SMILES string of the molecule is F[P-](F)(F)(F)(F)F.F[P-](F)(F)(F)(F)F.OCc1ccc2c(c1)OCCOCCOCCOCCOc1ccc(CO)cc1OCCOCCOCCOCCO2.c1cc[n+]2c(c1)-c1cccc[n+]1CC2. The van der Waals surface area contributed by atoms with Gasteiger partial charge in [-0.05, 0) is 47.5 Å². The fourth-order valence-electron chi connectivity index (χ4n) is 5.71. The maximum Gasteiger partial charge on any atom is 0.277 e. The van der Waals surface area contributed by atoms with Crippen molar-refractivity contribution in [1.82, 2.24) is 0 Å². The monoisotopic (exact) mass is 1070 g/mol. The van der Waals surface area contributed by atoms with Gasteiger partial charge in [-0.2, -0.15) is 9.13 Å². The molecular formula is C42H56F12N2O12P2. The summed E-state index contributed by atoms with van der Waals surface area (Å²) in [5.74, 6) is 2.21. The quantitative estimate of drug-likeness (QED) is 0.112. The number of hydrogen-bond acceptors (Lipinski definition) is 12. The van der Waals surface area contributed by atoms with Crippen LogP contribution in [0, 0.1) is 0 Å². The van der Waals surface area contributed by atoms with E-state index in [1.807, 2.05) is 0 Å². The second kappa shape index (κ2) is 26.4. The summed E-state index contributed by atoms with van der Waals surface area (Å²) in [6.07, 6.45) is 4.29. The Hall–Kier alpha value is -4.36. The molecule has 14 nitrogen and oxygen atoms in total. The largest absolute Gasteiger partial charge is 0.487 e. The second-order valence-corrected chi connectivity index (χ2v) is 18.3. The molecule has 0 unspecified atom stereocenters. The summed E-state index contributed by atoms with van der Waals surface area (Å²) in [6, 6.07) is 23.3. The van der Waals surface area contributed by atoms with Crippen LogP contribution in [0.5, 0.6) is 23.0 Å². The molecule has 0 spiro atoms. The smallest absolute Gasteiger partial charge is 0.277 e. The van der Waals surface area contributed by atoms with E-state index >= 15 is 0 Å². The van der Waals surface area contributed by atoms with E-state index in [0.717, 1.165) is 24.2 Å². The average molecular weight is 1070 g/mol. The molecule has 0 atom stereocenters. The van der Waals surface area contributed by atoms with Crippen molar-refractivity contribution in [2.24, 2.45) is 0 Å². The second-order valence-electron chi connectivity index (χ2n) is 14.4. The van der Waals surface area contributed by atoms with E-state index in [1.165, 1.54) is 11.4 Å². The van der Waals surface area contributed by atoms with Crippen molar-refractivity contribution < 1.29 is 117 Å². The van der Waals surface area contributed by atoms with Crippen LogP contribution < -0.4 is 28.1 Å². The third-order valence-corrected chi connectivity index (χ3v) is 8.54. The Labute approximate surface area is 394 Å². The summed E-state index contributed by atoms with van der Waals surface area (Å²) in [6.45, 7) is 8.20. The van der Waals surface area contributed by atoms with Gasteiger partial charge in [0.1, 0.15) is 26.4 Å². The molecule has 2 N–H and O–H groups in total. The Balaban J connectivity index is 0.000000369. The van der Waals surface area contributed by atoms with Gasteiger partial charge in [0.25, 0.3) is 11.4 Å². The van der Waals surface area contributed by atoms with Crippen LogP contribution in [0.15, 0.2) is 85.2 Å². The number of nitrogens with zero attached hydrogens (tertiary/aromatic N) is 2. The zero-order valence-corrected chi connectivity index (χ0v) is 39.3. The first kappa shape index (κ1) is 59.9. The summed E-state index contributed by atoms with van der Waals surface area (Å²) >= 11 is 0. The molecule has 4 aromatic rings. The van der Waals surface area contributed by atoms with Crippen molar-refractivity contribution in [3.05, 3.63) is 96.3 Å². The van der Waals surface area contributed by atoms with Gasteiger partial charge >= 0.3 is 66.0 Å². The van der Waals surface area contributed by atoms with Crippen LogP contribution in [0.2, 0.25) is 0 Å². The molecule has 400 valence electrons. The molecule has 0 aliphatic carbocycles. The standard InChI is InChI=1S/C30H44O12.C12H12N2.2F6P/c31-23-25-1-3-27-29(21-25)41-19-15-37-11-7-34-6-10-36-14-18-40-28-4-2-26(24-32)22-30(28)42-20-16-38-12-8-33-5-9-35-13-17-39-27;1-3-7-13-9-10-14-8-4-2-6-12(14)11(13)5-1;2*1-7(2,3,4,5)6/h1-4,21-22,31-32H,5-20,23-24H2;1-8H,9-10H2;;/q;+2;2*-1. The van der Waals surface area contributed by atoms with Crippen molar-refractivity contribution in [3.63, 3.8) is 0 Å². The van der Waals surface area contributed by atoms with Gasteiger partial charge < -0.3 is 57.6 Å². The van der Waals surface area contributed by atoms with Crippen molar-refractivity contribution >= 4 is 15.6 Å². The number of halogens is 12. The summed E-state index contributed by atoms with van der Waals surface area (Å²) in [5.41, 5.74) is 4.06. The number of aryl methyl sites for hydroxylation is 2. The normalized spacial score (nSPS) is 18.4. The fraction of sp³-hybridized carbons (Fsp3) is 0.476. The summed E-state index contributed by atoms with van der Waals surface area (Å²) < 4.78 is 180. The van der Waals surface area contributed by atoms with E-state index in [4.69, 9.17) is 47.4 Å². The van der Waals surface area contributed by atoms with E-state index < -0.39 is 15.6 Å². The number of aliphatic hydroxyl groups is 2. The number of hydrogen-bond donors (Lipinski definition) is 2. The van der Waals surface area contributed by atoms with E-state index in [-0.39, 0.29) is 13.2 Å². The molecule has 2 aromatic carbocycles. The van der Waals surface area contributed by atoms with Crippen LogP contribution in [0.1, 0.15) is 11.1 Å². The molecule has 0 radical (unpaired) electrons. The summed E-state index contributed by atoms with van der Waals surface area (Å²) in [7, 11) is -21.3. The number of ether oxygens (including phenoxy) is 10. The fourth-order valence-corrected chi connectivity index (χ4v) is 5.71. The molecule has 0 saturated carbocycles. The number of aliphatic hydroxyl groups excluding tert-OH is 2. The molecule has 70 heavy (non-hydrogen) atoms. The van der Waals surface area contributed by atoms with E-state index in [9.17, 15) is 60.6 Å². The molecule has 0 fully saturated rings. The molecule has 2 aliphatic rings. The first-order chi connectivity index (χ1) is 32.6. The van der Waals surface area contributed by atoms with Gasteiger partial charge in [-0.3, -0.25) is 0 Å². The molecule has 0 amide bonds. The number of fused-ring (bicyclic) bond motifs is 5. The number of pyridine rings is 2. The molecule has 6 rings (SSSR count). The van der Waals surface area contributed by atoms with Crippen molar-refractivity contribution in [2.45, 2.75) is 26.3 Å². The van der Waals surface area contributed by atoms with E-state index in [0.29, 0.717) is 129 Å². The Morgan fingerprint density at radius 1 is 0.357 bits per heavy atom. The Morgan fingerprint density at radius 2 is 0.614 bits per heavy atom. The Kier molecular flexibility index (Phi) is 22.6. The number of aromatic nitrogens is 2. The van der Waals surface area contributed by atoms with E-state index in [1.54, 1.807) is 36.4 Å². The van der Waals surface area contributed by atoms with Crippen LogP contribution in [-0.2, 0) is 54.7 Å². The van der Waals surface area contributed by atoms with Crippen molar-refractivity contribution in [3.8, 4) is 34.4 Å². The minimum atomic E-state index is -10.7. The first-order valence-electron chi connectivity index (χ1n) is 21.2. The van der Waals surface area contributed by atoms with Gasteiger partial charge in [0.15, 0.2) is 35.4 Å². The Bertz CT molecular complexity index is 2000. The van der Waals surface area contributed by atoms with Crippen molar-refractivity contribution in [1.29, 1.82) is 0 Å². The van der Waals surface area contributed by atoms with Crippen LogP contribution in [0.3, 0.4) is 0 Å². The molecule has 0 saturated heterocycles. The van der Waals surface area contributed by atoms with Gasteiger partial charge in [0.05, 0.1) is 92.5 Å². The van der Waals surface area contributed by atoms with Gasteiger partial charge in [-0.25, -0.2) is 0 Å². The van der Waals surface area contributed by atoms with Crippen LogP contribution in [-0.4, -0.2) is 116 Å². The third kappa shape index (κ3) is 31.8. The minimum absolute atomic E-state index is 0.0940. The minimum Gasteiger partial charge on any atom is -0.487 e. The molecule has 2 aromatic heterocycles. The number of benzene rings is 2. The summed E-state index contributed by atoms with van der Waals surface area (Å²) in [4.78, 5) is 0. The zero-order chi connectivity index (χ0) is 51.7. The summed E-state index contributed by atoms with van der Waals surface area (Å²) in [5, 5.41) is 18.9. The van der Waals surface area contributed by atoms with Crippen LogP contribution in [0.25, 0.3) is 11.4 Å². The number of rotatable bonds is 2.